The molecule has 1 aromatic heterocycles. The Hall–Kier alpha value is -1.63. The summed E-state index contributed by atoms with van der Waals surface area (Å²) in [6.07, 6.45) is 4.69. The third-order valence-electron chi connectivity index (χ3n) is 3.89. The van der Waals surface area contributed by atoms with Crippen LogP contribution in [0.3, 0.4) is 0 Å². The van der Waals surface area contributed by atoms with E-state index in [2.05, 4.69) is 25.4 Å². The molecule has 18 heavy (non-hydrogen) atoms. The van der Waals surface area contributed by atoms with E-state index in [9.17, 15) is 9.59 Å². The van der Waals surface area contributed by atoms with Gasteiger partial charge in [-0.15, -0.1) is 5.10 Å². The predicted molar refractivity (Wildman–Crippen MR) is 66.7 cm³/mol. The van der Waals surface area contributed by atoms with Crippen molar-refractivity contribution in [2.45, 2.75) is 37.8 Å². The van der Waals surface area contributed by atoms with Gasteiger partial charge in [-0.2, -0.15) is 0 Å². The second-order valence-corrected chi connectivity index (χ2v) is 4.99. The smallest absolute Gasteiger partial charge is 0.342 e. The average molecular weight is 251 g/mol. The van der Waals surface area contributed by atoms with Gasteiger partial charge in [-0.05, 0) is 25.8 Å². The van der Waals surface area contributed by atoms with Crippen LogP contribution in [-0.4, -0.2) is 45.3 Å². The van der Waals surface area contributed by atoms with Crippen molar-refractivity contribution in [1.82, 2.24) is 20.1 Å². The fourth-order valence-corrected chi connectivity index (χ4v) is 3.04. The maximum atomic E-state index is 11.6. The number of fused-ring (bicyclic) bond motifs is 1. The zero-order chi connectivity index (χ0) is 12.5. The Kier molecular flexibility index (Phi) is 2.91. The summed E-state index contributed by atoms with van der Waals surface area (Å²) < 4.78 is 0. The Balaban J connectivity index is 1.76. The zero-order valence-electron chi connectivity index (χ0n) is 10.1. The zero-order valence-corrected chi connectivity index (χ0v) is 10.1. The summed E-state index contributed by atoms with van der Waals surface area (Å²) in [6.45, 7) is 2.22. The van der Waals surface area contributed by atoms with Gasteiger partial charge in [-0.3, -0.25) is 14.7 Å². The average Bonchev–Trinajstić information content (AvgIpc) is 2.76. The van der Waals surface area contributed by atoms with Crippen molar-refractivity contribution in [2.75, 3.05) is 18.4 Å². The van der Waals surface area contributed by atoms with E-state index in [1.54, 1.807) is 0 Å². The molecule has 98 valence electrons. The highest BCUT2D eigenvalue weighted by Crippen LogP contribution is 2.28. The summed E-state index contributed by atoms with van der Waals surface area (Å²) >= 11 is 0. The lowest BCUT2D eigenvalue weighted by atomic mass is 9.99. The SMILES string of the molecule is O=c1[nH]nc(NC2CCN3CCCCC23)c(=O)[nH]1. The molecule has 2 saturated heterocycles. The quantitative estimate of drug-likeness (QED) is 0.658. The molecule has 0 bridgehead atoms. The van der Waals surface area contributed by atoms with Gasteiger partial charge in [0.2, 0.25) is 5.82 Å². The van der Waals surface area contributed by atoms with Gasteiger partial charge in [0.05, 0.1) is 0 Å². The van der Waals surface area contributed by atoms with E-state index in [-0.39, 0.29) is 11.9 Å². The summed E-state index contributed by atoms with van der Waals surface area (Å²) in [5.41, 5.74) is -1.02. The molecule has 3 rings (SSSR count). The second kappa shape index (κ2) is 4.56. The number of nitrogens with one attached hydrogen (secondary N) is 3. The molecule has 0 aromatic carbocycles. The van der Waals surface area contributed by atoms with E-state index in [1.165, 1.54) is 19.3 Å². The van der Waals surface area contributed by atoms with Gasteiger partial charge in [-0.25, -0.2) is 9.89 Å². The van der Waals surface area contributed by atoms with Gasteiger partial charge >= 0.3 is 5.69 Å². The Morgan fingerprint density at radius 3 is 2.94 bits per heavy atom. The number of rotatable bonds is 2. The molecule has 0 aliphatic carbocycles. The van der Waals surface area contributed by atoms with Gasteiger partial charge in [0.1, 0.15) is 0 Å². The molecule has 2 unspecified atom stereocenters. The maximum Gasteiger partial charge on any atom is 0.342 e. The summed E-state index contributed by atoms with van der Waals surface area (Å²) in [5.74, 6) is 0.215. The van der Waals surface area contributed by atoms with Crippen molar-refractivity contribution in [3.63, 3.8) is 0 Å². The van der Waals surface area contributed by atoms with Crippen molar-refractivity contribution >= 4 is 5.82 Å². The molecule has 2 atom stereocenters. The molecule has 7 heteroatoms. The van der Waals surface area contributed by atoms with Gasteiger partial charge in [0, 0.05) is 18.6 Å². The first-order valence-corrected chi connectivity index (χ1v) is 6.43. The summed E-state index contributed by atoms with van der Waals surface area (Å²) in [6, 6.07) is 0.747. The van der Waals surface area contributed by atoms with Gasteiger partial charge < -0.3 is 5.32 Å². The van der Waals surface area contributed by atoms with Crippen molar-refractivity contribution in [3.05, 3.63) is 20.8 Å². The van der Waals surface area contributed by atoms with Gasteiger partial charge in [-0.1, -0.05) is 6.42 Å². The lowest BCUT2D eigenvalue weighted by molar-refractivity contribution is 0.192. The number of aromatic amines is 2. The third-order valence-corrected chi connectivity index (χ3v) is 3.89. The van der Waals surface area contributed by atoms with Crippen molar-refractivity contribution in [2.24, 2.45) is 0 Å². The summed E-state index contributed by atoms with van der Waals surface area (Å²) in [7, 11) is 0. The first-order valence-electron chi connectivity index (χ1n) is 6.43. The van der Waals surface area contributed by atoms with Crippen LogP contribution in [0.15, 0.2) is 9.59 Å². The molecular weight excluding hydrogens is 234 g/mol. The predicted octanol–water partition coefficient (Wildman–Crippen LogP) is -0.503. The number of anilines is 1. The minimum absolute atomic E-state index is 0.215. The van der Waals surface area contributed by atoms with E-state index in [4.69, 9.17) is 0 Å². The van der Waals surface area contributed by atoms with E-state index < -0.39 is 11.2 Å². The third kappa shape index (κ3) is 2.05. The highest BCUT2D eigenvalue weighted by Gasteiger charge is 2.35. The van der Waals surface area contributed by atoms with E-state index in [0.717, 1.165) is 19.5 Å². The second-order valence-electron chi connectivity index (χ2n) is 4.99. The summed E-state index contributed by atoms with van der Waals surface area (Å²) in [5, 5.41) is 9.19. The number of H-pyrrole nitrogens is 2. The molecule has 0 saturated carbocycles. The first-order chi connectivity index (χ1) is 8.74. The van der Waals surface area contributed by atoms with Crippen LogP contribution in [0.4, 0.5) is 5.82 Å². The van der Waals surface area contributed by atoms with Crippen LogP contribution in [0.2, 0.25) is 0 Å². The first kappa shape index (κ1) is 11.5. The van der Waals surface area contributed by atoms with Crippen molar-refractivity contribution < 1.29 is 0 Å². The molecule has 3 N–H and O–H groups in total. The number of piperidine rings is 1. The van der Waals surface area contributed by atoms with Crippen LogP contribution in [0.1, 0.15) is 25.7 Å². The largest absolute Gasteiger partial charge is 0.360 e. The number of hydrogen-bond acceptors (Lipinski definition) is 5. The Bertz CT molecular complexity index is 537. The summed E-state index contributed by atoms with van der Waals surface area (Å²) in [4.78, 5) is 27.1. The van der Waals surface area contributed by atoms with E-state index in [1.807, 2.05) is 0 Å². The van der Waals surface area contributed by atoms with Crippen molar-refractivity contribution in [1.29, 1.82) is 0 Å². The molecule has 0 spiro atoms. The van der Waals surface area contributed by atoms with Crippen LogP contribution < -0.4 is 16.6 Å². The van der Waals surface area contributed by atoms with Crippen LogP contribution >= 0.6 is 0 Å². The van der Waals surface area contributed by atoms with E-state index in [0.29, 0.717) is 6.04 Å². The molecule has 7 nitrogen and oxygen atoms in total. The number of hydrogen-bond donors (Lipinski definition) is 3. The fraction of sp³-hybridized carbons (Fsp3) is 0.727. The van der Waals surface area contributed by atoms with Crippen LogP contribution in [-0.2, 0) is 0 Å². The lowest BCUT2D eigenvalue weighted by Crippen LogP contribution is -2.43. The standard InChI is InChI=1S/C11H17N5O2/c17-10-9(14-15-11(18)13-10)12-7-4-6-16-5-2-1-3-8(7)16/h7-8H,1-6H2,(H,12,14)(H2,13,15,17,18). The molecule has 1 aromatic rings. The highest BCUT2D eigenvalue weighted by atomic mass is 16.2. The lowest BCUT2D eigenvalue weighted by Gasteiger charge is -2.32. The minimum atomic E-state index is -0.573. The van der Waals surface area contributed by atoms with Crippen LogP contribution in [0.25, 0.3) is 0 Å². The Morgan fingerprint density at radius 1 is 1.22 bits per heavy atom. The number of aromatic nitrogens is 3. The fourth-order valence-electron chi connectivity index (χ4n) is 3.04. The molecular formula is C11H17N5O2. The molecule has 2 aliphatic rings. The molecule has 0 radical (unpaired) electrons. The molecule has 0 amide bonds. The van der Waals surface area contributed by atoms with E-state index >= 15 is 0 Å². The van der Waals surface area contributed by atoms with Crippen LogP contribution in [0, 0.1) is 0 Å². The van der Waals surface area contributed by atoms with Gasteiger partial charge in [0.15, 0.2) is 0 Å². The molecule has 2 fully saturated rings. The normalized spacial score (nSPS) is 28.0. The minimum Gasteiger partial charge on any atom is -0.360 e. The van der Waals surface area contributed by atoms with Gasteiger partial charge in [0.25, 0.3) is 5.56 Å². The van der Waals surface area contributed by atoms with Crippen LogP contribution in [0.5, 0.6) is 0 Å². The maximum absolute atomic E-state index is 11.6. The Labute approximate surface area is 104 Å². The topological polar surface area (TPSA) is 93.9 Å². The van der Waals surface area contributed by atoms with Crippen molar-refractivity contribution in [3.8, 4) is 0 Å². The monoisotopic (exact) mass is 251 g/mol. The molecule has 3 heterocycles. The number of nitrogens with zero attached hydrogens (tertiary/aromatic N) is 2. The Morgan fingerprint density at radius 2 is 2.11 bits per heavy atom. The highest BCUT2D eigenvalue weighted by molar-refractivity contribution is 5.32. The molecule has 2 aliphatic heterocycles.